The molecule has 0 saturated heterocycles. The first kappa shape index (κ1) is 21.2. The zero-order valence-electron chi connectivity index (χ0n) is 15.9. The van der Waals surface area contributed by atoms with Crippen molar-refractivity contribution >= 4 is 10.0 Å². The topological polar surface area (TPSA) is 37.4 Å². The largest absolute Gasteiger partial charge is 0.243 e. The molecule has 0 radical (unpaired) electrons. The summed E-state index contributed by atoms with van der Waals surface area (Å²) in [6.07, 6.45) is 7.30. The summed E-state index contributed by atoms with van der Waals surface area (Å²) in [4.78, 5) is 0.433. The lowest BCUT2D eigenvalue weighted by Crippen LogP contribution is -2.33. The molecular formula is C20H35NO2S. The molecule has 138 valence electrons. The van der Waals surface area contributed by atoms with Crippen molar-refractivity contribution < 1.29 is 8.42 Å². The van der Waals surface area contributed by atoms with E-state index in [9.17, 15) is 8.42 Å². The van der Waals surface area contributed by atoms with Gasteiger partial charge >= 0.3 is 0 Å². The van der Waals surface area contributed by atoms with Crippen molar-refractivity contribution in [3.05, 3.63) is 29.8 Å². The minimum absolute atomic E-state index is 0.433. The molecule has 0 aromatic heterocycles. The Hall–Kier alpha value is -0.870. The number of unbranched alkanes of at least 4 members (excludes halogenated alkanes) is 4. The Morgan fingerprint density at radius 1 is 0.875 bits per heavy atom. The van der Waals surface area contributed by atoms with Crippen molar-refractivity contribution in [2.24, 2.45) is 0 Å². The van der Waals surface area contributed by atoms with Gasteiger partial charge in [-0.25, -0.2) is 8.42 Å². The minimum atomic E-state index is -3.38. The van der Waals surface area contributed by atoms with E-state index in [-0.39, 0.29) is 0 Å². The lowest BCUT2D eigenvalue weighted by atomic mass is 9.99. The van der Waals surface area contributed by atoms with Crippen LogP contribution in [0.3, 0.4) is 0 Å². The molecule has 1 aromatic rings. The highest BCUT2D eigenvalue weighted by molar-refractivity contribution is 7.89. The third-order valence-corrected chi connectivity index (χ3v) is 6.63. The Bertz CT molecular complexity index is 542. The molecule has 0 aliphatic heterocycles. The highest BCUT2D eigenvalue weighted by Crippen LogP contribution is 2.23. The molecule has 24 heavy (non-hydrogen) atoms. The predicted octanol–water partition coefficient (Wildman–Crippen LogP) is 5.57. The van der Waals surface area contributed by atoms with E-state index in [0.29, 0.717) is 23.9 Å². The van der Waals surface area contributed by atoms with Crippen LogP contribution in [0, 0.1) is 0 Å². The first-order valence-corrected chi connectivity index (χ1v) is 11.0. The minimum Gasteiger partial charge on any atom is -0.207 e. The van der Waals surface area contributed by atoms with E-state index >= 15 is 0 Å². The Labute approximate surface area is 149 Å². The molecule has 0 N–H and O–H groups in total. The molecule has 0 heterocycles. The van der Waals surface area contributed by atoms with Crippen LogP contribution in [-0.2, 0) is 10.0 Å². The monoisotopic (exact) mass is 353 g/mol. The SMILES string of the molecule is CCCCCN(CCCCC)S(=O)(=O)c1ccc(C(C)CC)cc1. The van der Waals surface area contributed by atoms with Gasteiger partial charge < -0.3 is 0 Å². The highest BCUT2D eigenvalue weighted by atomic mass is 32.2. The van der Waals surface area contributed by atoms with Crippen molar-refractivity contribution in [3.8, 4) is 0 Å². The Kier molecular flexibility index (Phi) is 9.60. The van der Waals surface area contributed by atoms with Gasteiger partial charge in [0, 0.05) is 13.1 Å². The summed E-state index contributed by atoms with van der Waals surface area (Å²) in [6.45, 7) is 9.87. The summed E-state index contributed by atoms with van der Waals surface area (Å²) in [6, 6.07) is 7.50. The van der Waals surface area contributed by atoms with E-state index in [1.54, 1.807) is 16.4 Å². The Morgan fingerprint density at radius 2 is 1.38 bits per heavy atom. The maximum Gasteiger partial charge on any atom is 0.243 e. The van der Waals surface area contributed by atoms with Gasteiger partial charge in [-0.1, -0.05) is 65.5 Å². The van der Waals surface area contributed by atoms with Crippen LogP contribution in [0.4, 0.5) is 0 Å². The smallest absolute Gasteiger partial charge is 0.207 e. The third kappa shape index (κ3) is 6.21. The summed E-state index contributed by atoms with van der Waals surface area (Å²) in [5.41, 5.74) is 1.21. The van der Waals surface area contributed by atoms with Gasteiger partial charge in [0.2, 0.25) is 10.0 Å². The van der Waals surface area contributed by atoms with Crippen molar-refractivity contribution in [2.45, 2.75) is 83.5 Å². The van der Waals surface area contributed by atoms with E-state index < -0.39 is 10.0 Å². The Balaban J connectivity index is 2.91. The molecule has 0 saturated carbocycles. The molecule has 0 bridgehead atoms. The fraction of sp³-hybridized carbons (Fsp3) is 0.700. The number of sulfonamides is 1. The molecule has 4 heteroatoms. The zero-order valence-corrected chi connectivity index (χ0v) is 16.7. The summed E-state index contributed by atoms with van der Waals surface area (Å²) >= 11 is 0. The van der Waals surface area contributed by atoms with Crippen molar-refractivity contribution in [1.82, 2.24) is 4.31 Å². The number of hydrogen-bond donors (Lipinski definition) is 0. The number of rotatable bonds is 12. The number of benzene rings is 1. The van der Waals surface area contributed by atoms with E-state index in [2.05, 4.69) is 27.7 Å². The molecule has 0 fully saturated rings. The van der Waals surface area contributed by atoms with E-state index in [4.69, 9.17) is 0 Å². The van der Waals surface area contributed by atoms with Gasteiger partial charge in [0.25, 0.3) is 0 Å². The van der Waals surface area contributed by atoms with Crippen LogP contribution < -0.4 is 0 Å². The average Bonchev–Trinajstić information content (AvgIpc) is 2.60. The van der Waals surface area contributed by atoms with Crippen LogP contribution in [0.1, 0.15) is 84.1 Å². The van der Waals surface area contributed by atoms with Gasteiger partial charge in [0.15, 0.2) is 0 Å². The van der Waals surface area contributed by atoms with Crippen LogP contribution >= 0.6 is 0 Å². The van der Waals surface area contributed by atoms with Gasteiger partial charge in [0.05, 0.1) is 4.90 Å². The van der Waals surface area contributed by atoms with Gasteiger partial charge in [-0.15, -0.1) is 0 Å². The van der Waals surface area contributed by atoms with E-state index in [0.717, 1.165) is 44.9 Å². The fourth-order valence-electron chi connectivity index (χ4n) is 2.78. The van der Waals surface area contributed by atoms with Crippen LogP contribution in [0.2, 0.25) is 0 Å². The predicted molar refractivity (Wildman–Crippen MR) is 103 cm³/mol. The standard InChI is InChI=1S/C20H35NO2S/c1-5-8-10-16-21(17-11-9-6-2)24(22,23)20-14-12-19(13-15-20)18(4)7-3/h12-15,18H,5-11,16-17H2,1-4H3. The van der Waals surface area contributed by atoms with E-state index in [1.807, 2.05) is 12.1 Å². The first-order valence-electron chi connectivity index (χ1n) is 9.57. The number of hydrogen-bond acceptors (Lipinski definition) is 2. The first-order chi connectivity index (χ1) is 11.5. The van der Waals surface area contributed by atoms with Crippen molar-refractivity contribution in [2.75, 3.05) is 13.1 Å². The van der Waals surface area contributed by atoms with Crippen molar-refractivity contribution in [1.29, 1.82) is 0 Å². The van der Waals surface area contributed by atoms with Gasteiger partial charge in [-0.2, -0.15) is 4.31 Å². The second-order valence-electron chi connectivity index (χ2n) is 6.70. The molecule has 3 nitrogen and oxygen atoms in total. The maximum atomic E-state index is 13.0. The van der Waals surface area contributed by atoms with Gasteiger partial charge in [-0.3, -0.25) is 0 Å². The molecule has 0 aliphatic rings. The summed E-state index contributed by atoms with van der Waals surface area (Å²) in [5.74, 6) is 0.465. The third-order valence-electron chi connectivity index (χ3n) is 4.72. The Morgan fingerprint density at radius 3 is 1.79 bits per heavy atom. The van der Waals surface area contributed by atoms with Gasteiger partial charge in [0.1, 0.15) is 0 Å². The zero-order chi connectivity index (χ0) is 18.0. The molecular weight excluding hydrogens is 318 g/mol. The summed E-state index contributed by atoms with van der Waals surface area (Å²) in [5, 5.41) is 0. The molecule has 1 atom stereocenters. The van der Waals surface area contributed by atoms with Crippen LogP contribution in [0.15, 0.2) is 29.2 Å². The normalized spacial score (nSPS) is 13.4. The maximum absolute atomic E-state index is 13.0. The summed E-state index contributed by atoms with van der Waals surface area (Å²) < 4.78 is 27.7. The van der Waals surface area contributed by atoms with Gasteiger partial charge in [-0.05, 0) is 42.9 Å². The van der Waals surface area contributed by atoms with Crippen LogP contribution in [0.5, 0.6) is 0 Å². The van der Waals surface area contributed by atoms with Crippen LogP contribution in [0.25, 0.3) is 0 Å². The summed E-state index contributed by atoms with van der Waals surface area (Å²) in [7, 11) is -3.38. The second kappa shape index (κ2) is 10.9. The van der Waals surface area contributed by atoms with Crippen molar-refractivity contribution in [3.63, 3.8) is 0 Å². The second-order valence-corrected chi connectivity index (χ2v) is 8.63. The molecule has 1 unspecified atom stereocenters. The molecule has 1 aromatic carbocycles. The lowest BCUT2D eigenvalue weighted by molar-refractivity contribution is 0.388. The molecule has 0 spiro atoms. The lowest BCUT2D eigenvalue weighted by Gasteiger charge is -2.22. The highest BCUT2D eigenvalue weighted by Gasteiger charge is 2.23. The quantitative estimate of drug-likeness (QED) is 0.461. The van der Waals surface area contributed by atoms with Crippen LogP contribution in [-0.4, -0.2) is 25.8 Å². The molecule has 1 rings (SSSR count). The van der Waals surface area contributed by atoms with E-state index in [1.165, 1.54) is 5.56 Å². The molecule has 0 aliphatic carbocycles. The average molecular weight is 354 g/mol. The fourth-order valence-corrected chi connectivity index (χ4v) is 4.30. The molecule has 0 amide bonds. The number of nitrogens with zero attached hydrogens (tertiary/aromatic N) is 1.